The lowest BCUT2D eigenvalue weighted by molar-refractivity contribution is -0.147. The summed E-state index contributed by atoms with van der Waals surface area (Å²) in [5.74, 6) is 0.0665. The van der Waals surface area contributed by atoms with Gasteiger partial charge in [0, 0.05) is 6.54 Å². The maximum Gasteiger partial charge on any atom is 0.411 e. The molecule has 2 heterocycles. The van der Waals surface area contributed by atoms with Gasteiger partial charge in [-0.05, 0) is 75.7 Å². The standard InChI is InChI=1S/C21H30N2O4/c1-21(2,3)27-20(25)23-13-10-16-15(14-8-11-22-12-9-14)6-5-7-17(16)18(23)19(24)26-4/h5-7,14,18,22H,8-13H2,1-4H3. The summed E-state index contributed by atoms with van der Waals surface area (Å²) < 4.78 is 10.6. The van der Waals surface area contributed by atoms with Crippen LogP contribution in [0.25, 0.3) is 0 Å². The van der Waals surface area contributed by atoms with Crippen molar-refractivity contribution >= 4 is 12.1 Å². The molecule has 6 heteroatoms. The number of hydrogen-bond donors (Lipinski definition) is 1. The first-order chi connectivity index (χ1) is 12.8. The number of ether oxygens (including phenoxy) is 2. The summed E-state index contributed by atoms with van der Waals surface area (Å²) >= 11 is 0. The first-order valence-electron chi connectivity index (χ1n) is 9.71. The number of rotatable bonds is 2. The molecule has 27 heavy (non-hydrogen) atoms. The minimum Gasteiger partial charge on any atom is -0.467 e. The van der Waals surface area contributed by atoms with Gasteiger partial charge in [0.05, 0.1) is 7.11 Å². The zero-order valence-corrected chi connectivity index (χ0v) is 16.7. The molecule has 1 amide bonds. The molecule has 0 spiro atoms. The molecule has 148 valence electrons. The predicted molar refractivity (Wildman–Crippen MR) is 103 cm³/mol. The van der Waals surface area contributed by atoms with Crippen LogP contribution in [0.4, 0.5) is 4.79 Å². The summed E-state index contributed by atoms with van der Waals surface area (Å²) in [7, 11) is 1.36. The number of carbonyl (C=O) groups excluding carboxylic acids is 2. The third kappa shape index (κ3) is 4.26. The highest BCUT2D eigenvalue weighted by Gasteiger charge is 2.40. The second-order valence-corrected chi connectivity index (χ2v) is 8.29. The van der Waals surface area contributed by atoms with E-state index in [0.29, 0.717) is 12.5 Å². The molecule has 1 aromatic carbocycles. The van der Waals surface area contributed by atoms with Crippen LogP contribution in [-0.2, 0) is 20.7 Å². The second kappa shape index (κ2) is 7.89. The zero-order valence-electron chi connectivity index (χ0n) is 16.7. The van der Waals surface area contributed by atoms with Crippen LogP contribution in [-0.4, -0.2) is 49.3 Å². The summed E-state index contributed by atoms with van der Waals surface area (Å²) in [4.78, 5) is 26.9. The van der Waals surface area contributed by atoms with Crippen molar-refractivity contribution in [3.63, 3.8) is 0 Å². The first kappa shape index (κ1) is 19.7. The summed E-state index contributed by atoms with van der Waals surface area (Å²) in [6.45, 7) is 7.95. The van der Waals surface area contributed by atoms with Crippen LogP contribution in [0.1, 0.15) is 62.3 Å². The van der Waals surface area contributed by atoms with E-state index in [-0.39, 0.29) is 0 Å². The summed E-state index contributed by atoms with van der Waals surface area (Å²) in [5.41, 5.74) is 2.76. The van der Waals surface area contributed by atoms with E-state index in [9.17, 15) is 9.59 Å². The van der Waals surface area contributed by atoms with E-state index < -0.39 is 23.7 Å². The molecule has 1 unspecified atom stereocenters. The van der Waals surface area contributed by atoms with Gasteiger partial charge in [0.1, 0.15) is 5.60 Å². The lowest BCUT2D eigenvalue weighted by Crippen LogP contribution is -2.46. The molecule has 0 saturated carbocycles. The summed E-state index contributed by atoms with van der Waals surface area (Å²) in [5, 5.41) is 3.40. The highest BCUT2D eigenvalue weighted by atomic mass is 16.6. The van der Waals surface area contributed by atoms with E-state index >= 15 is 0 Å². The Morgan fingerprint density at radius 1 is 1.15 bits per heavy atom. The van der Waals surface area contributed by atoms with Gasteiger partial charge in [-0.3, -0.25) is 4.90 Å². The predicted octanol–water partition coefficient (Wildman–Crippen LogP) is 3.16. The molecule has 6 nitrogen and oxygen atoms in total. The van der Waals surface area contributed by atoms with Crippen LogP contribution < -0.4 is 5.32 Å². The minimum absolute atomic E-state index is 0.427. The molecule has 1 saturated heterocycles. The van der Waals surface area contributed by atoms with E-state index in [0.717, 1.165) is 37.9 Å². The number of hydrogen-bond acceptors (Lipinski definition) is 5. The number of methoxy groups -OCH3 is 1. The number of esters is 1. The summed E-state index contributed by atoms with van der Waals surface area (Å²) in [6.07, 6.45) is 2.43. The van der Waals surface area contributed by atoms with Gasteiger partial charge in [-0.25, -0.2) is 9.59 Å². The molecular weight excluding hydrogens is 344 g/mol. The van der Waals surface area contributed by atoms with E-state index in [1.165, 1.54) is 23.1 Å². The van der Waals surface area contributed by atoms with Gasteiger partial charge in [-0.15, -0.1) is 0 Å². The first-order valence-corrected chi connectivity index (χ1v) is 9.71. The Bertz CT molecular complexity index is 705. The Hall–Kier alpha value is -2.08. The smallest absolute Gasteiger partial charge is 0.411 e. The van der Waals surface area contributed by atoms with E-state index in [1.54, 1.807) is 0 Å². The van der Waals surface area contributed by atoms with Crippen molar-refractivity contribution in [1.29, 1.82) is 0 Å². The number of amides is 1. The number of nitrogens with one attached hydrogen (secondary N) is 1. The third-order valence-corrected chi connectivity index (χ3v) is 5.29. The van der Waals surface area contributed by atoms with Gasteiger partial charge in [-0.2, -0.15) is 0 Å². The average molecular weight is 374 g/mol. The maximum atomic E-state index is 12.7. The lowest BCUT2D eigenvalue weighted by atomic mass is 9.81. The highest BCUT2D eigenvalue weighted by Crippen LogP contribution is 2.38. The fourth-order valence-corrected chi connectivity index (χ4v) is 4.10. The van der Waals surface area contributed by atoms with Crippen LogP contribution in [0.5, 0.6) is 0 Å². The molecule has 1 fully saturated rings. The molecule has 0 bridgehead atoms. The maximum absolute atomic E-state index is 12.7. The van der Waals surface area contributed by atoms with Crippen LogP contribution in [0.2, 0.25) is 0 Å². The van der Waals surface area contributed by atoms with Crippen LogP contribution in [0.15, 0.2) is 18.2 Å². The Labute approximate surface area is 161 Å². The van der Waals surface area contributed by atoms with Crippen molar-refractivity contribution in [2.75, 3.05) is 26.7 Å². The third-order valence-electron chi connectivity index (χ3n) is 5.29. The Balaban J connectivity index is 1.96. The van der Waals surface area contributed by atoms with Crippen molar-refractivity contribution in [2.45, 2.75) is 57.6 Å². The number of piperidine rings is 1. The van der Waals surface area contributed by atoms with Crippen molar-refractivity contribution in [2.24, 2.45) is 0 Å². The van der Waals surface area contributed by atoms with Crippen LogP contribution >= 0.6 is 0 Å². The topological polar surface area (TPSA) is 67.9 Å². The monoisotopic (exact) mass is 374 g/mol. The molecule has 1 aromatic rings. The van der Waals surface area contributed by atoms with Crippen molar-refractivity contribution in [1.82, 2.24) is 10.2 Å². The van der Waals surface area contributed by atoms with Gasteiger partial charge in [0.15, 0.2) is 6.04 Å². The molecule has 2 aliphatic rings. The normalized spacial score (nSPS) is 20.7. The molecule has 0 aliphatic carbocycles. The molecule has 1 atom stereocenters. The molecule has 1 N–H and O–H groups in total. The van der Waals surface area contributed by atoms with Crippen molar-refractivity contribution in [3.8, 4) is 0 Å². The Morgan fingerprint density at radius 2 is 1.81 bits per heavy atom. The molecule has 0 radical (unpaired) electrons. The van der Waals surface area contributed by atoms with Gasteiger partial charge in [0.25, 0.3) is 0 Å². The number of carbonyl (C=O) groups is 2. The molecule has 0 aromatic heterocycles. The highest BCUT2D eigenvalue weighted by molar-refractivity contribution is 5.84. The Morgan fingerprint density at radius 3 is 2.44 bits per heavy atom. The minimum atomic E-state index is -0.754. The second-order valence-electron chi connectivity index (χ2n) is 8.29. The Kier molecular flexibility index (Phi) is 5.75. The van der Waals surface area contributed by atoms with Gasteiger partial charge >= 0.3 is 12.1 Å². The average Bonchev–Trinajstić information content (AvgIpc) is 2.65. The van der Waals surface area contributed by atoms with Crippen molar-refractivity contribution < 1.29 is 19.1 Å². The zero-order chi connectivity index (χ0) is 19.6. The largest absolute Gasteiger partial charge is 0.467 e. The summed E-state index contributed by atoms with van der Waals surface area (Å²) in [6, 6.07) is 5.35. The number of nitrogens with zero attached hydrogens (tertiary/aromatic N) is 1. The molecule has 2 aliphatic heterocycles. The van der Waals surface area contributed by atoms with E-state index in [2.05, 4.69) is 11.4 Å². The quantitative estimate of drug-likeness (QED) is 0.806. The van der Waals surface area contributed by atoms with E-state index in [1.807, 2.05) is 32.9 Å². The number of fused-ring (bicyclic) bond motifs is 1. The van der Waals surface area contributed by atoms with Crippen molar-refractivity contribution in [3.05, 3.63) is 34.9 Å². The molecular formula is C21H30N2O4. The number of benzene rings is 1. The van der Waals surface area contributed by atoms with Crippen LogP contribution in [0.3, 0.4) is 0 Å². The fraction of sp³-hybridized carbons (Fsp3) is 0.619. The van der Waals surface area contributed by atoms with Gasteiger partial charge in [-0.1, -0.05) is 18.2 Å². The van der Waals surface area contributed by atoms with Crippen LogP contribution in [0, 0.1) is 0 Å². The van der Waals surface area contributed by atoms with E-state index in [4.69, 9.17) is 9.47 Å². The van der Waals surface area contributed by atoms with Gasteiger partial charge < -0.3 is 14.8 Å². The molecule has 3 rings (SSSR count). The lowest BCUT2D eigenvalue weighted by Gasteiger charge is -2.38. The fourth-order valence-electron chi connectivity index (χ4n) is 4.10. The SMILES string of the molecule is COC(=O)C1c2cccc(C3CCNCC3)c2CCN1C(=O)OC(C)(C)C. The van der Waals surface area contributed by atoms with Gasteiger partial charge in [0.2, 0.25) is 0 Å².